The number of hydrogen-bond donors (Lipinski definition) is 2. The number of benzene rings is 3. The quantitative estimate of drug-likeness (QED) is 0.489. The van der Waals surface area contributed by atoms with Gasteiger partial charge in [0.2, 0.25) is 5.91 Å². The van der Waals surface area contributed by atoms with E-state index in [1.165, 1.54) is 18.2 Å². The van der Waals surface area contributed by atoms with E-state index in [9.17, 15) is 13.2 Å². The van der Waals surface area contributed by atoms with Crippen LogP contribution in [0.2, 0.25) is 5.02 Å². The molecule has 0 spiro atoms. The number of halogens is 1. The van der Waals surface area contributed by atoms with Crippen LogP contribution in [0.25, 0.3) is 6.08 Å². The summed E-state index contributed by atoms with van der Waals surface area (Å²) >= 11 is 6.03. The molecule has 0 aliphatic carbocycles. The SMILES string of the molecule is O=C(/C=C/c1ccc(S(=O)(=O)Nc2ccccc2Cl)cc1)NCc1cccc2c1OCCO2. The van der Waals surface area contributed by atoms with Crippen LogP contribution in [-0.2, 0) is 21.4 Å². The molecular weight excluding hydrogens is 464 g/mol. The Balaban J connectivity index is 1.36. The van der Waals surface area contributed by atoms with Crippen LogP contribution in [0.1, 0.15) is 11.1 Å². The smallest absolute Gasteiger partial charge is 0.261 e. The minimum atomic E-state index is -3.79. The van der Waals surface area contributed by atoms with Gasteiger partial charge in [-0.1, -0.05) is 48.0 Å². The van der Waals surface area contributed by atoms with Crippen molar-refractivity contribution in [2.45, 2.75) is 11.4 Å². The molecular formula is C24H21ClN2O5S. The number of amides is 1. The van der Waals surface area contributed by atoms with Crippen molar-refractivity contribution in [1.29, 1.82) is 0 Å². The topological polar surface area (TPSA) is 93.7 Å². The molecule has 4 rings (SSSR count). The van der Waals surface area contributed by atoms with E-state index in [1.807, 2.05) is 18.2 Å². The Hall–Kier alpha value is -3.49. The summed E-state index contributed by atoms with van der Waals surface area (Å²) in [5, 5.41) is 3.12. The second kappa shape index (κ2) is 9.97. The predicted octanol–water partition coefficient (Wildman–Crippen LogP) is 4.24. The second-order valence-electron chi connectivity index (χ2n) is 7.15. The third-order valence-corrected chi connectivity index (χ3v) is 6.55. The highest BCUT2D eigenvalue weighted by molar-refractivity contribution is 7.92. The van der Waals surface area contributed by atoms with E-state index in [-0.39, 0.29) is 10.8 Å². The first-order valence-corrected chi connectivity index (χ1v) is 12.0. The van der Waals surface area contributed by atoms with Gasteiger partial charge in [-0.25, -0.2) is 8.42 Å². The van der Waals surface area contributed by atoms with E-state index >= 15 is 0 Å². The average Bonchev–Trinajstić information content (AvgIpc) is 2.83. The van der Waals surface area contributed by atoms with Crippen molar-refractivity contribution in [3.8, 4) is 11.5 Å². The highest BCUT2D eigenvalue weighted by Gasteiger charge is 2.16. The Morgan fingerprint density at radius 1 is 0.970 bits per heavy atom. The molecule has 33 heavy (non-hydrogen) atoms. The van der Waals surface area contributed by atoms with Crippen LogP contribution in [0, 0.1) is 0 Å². The molecule has 170 valence electrons. The lowest BCUT2D eigenvalue weighted by Gasteiger charge is -2.20. The third-order valence-electron chi connectivity index (χ3n) is 4.84. The minimum absolute atomic E-state index is 0.0834. The zero-order valence-corrected chi connectivity index (χ0v) is 19.0. The number of anilines is 1. The molecule has 1 aliphatic heterocycles. The van der Waals surface area contributed by atoms with Gasteiger partial charge in [-0.3, -0.25) is 9.52 Å². The number of fused-ring (bicyclic) bond motifs is 1. The van der Waals surface area contributed by atoms with Gasteiger partial charge < -0.3 is 14.8 Å². The molecule has 1 heterocycles. The van der Waals surface area contributed by atoms with Crippen molar-refractivity contribution in [2.24, 2.45) is 0 Å². The lowest BCUT2D eigenvalue weighted by atomic mass is 10.1. The molecule has 2 N–H and O–H groups in total. The third kappa shape index (κ3) is 5.66. The standard InChI is InChI=1S/C24H21ClN2O5S/c25-20-5-1-2-6-21(20)27-33(29,30)19-11-8-17(9-12-19)10-13-23(28)26-16-18-4-3-7-22-24(18)32-15-14-31-22/h1-13,27H,14-16H2,(H,26,28)/b13-10+. The van der Waals surface area contributed by atoms with Crippen molar-refractivity contribution in [3.05, 3.63) is 89.0 Å². The molecule has 0 saturated heterocycles. The van der Waals surface area contributed by atoms with E-state index in [4.69, 9.17) is 21.1 Å². The van der Waals surface area contributed by atoms with Crippen molar-refractivity contribution >= 4 is 39.3 Å². The highest BCUT2D eigenvalue weighted by atomic mass is 35.5. The first-order valence-electron chi connectivity index (χ1n) is 10.1. The summed E-state index contributed by atoms with van der Waals surface area (Å²) < 4.78 is 38.8. The Bertz CT molecular complexity index is 1290. The van der Waals surface area contributed by atoms with Crippen molar-refractivity contribution < 1.29 is 22.7 Å². The number of ether oxygens (including phenoxy) is 2. The number of rotatable bonds is 7. The summed E-state index contributed by atoms with van der Waals surface area (Å²) in [7, 11) is -3.79. The summed E-state index contributed by atoms with van der Waals surface area (Å²) in [6, 6.07) is 18.3. The number of sulfonamides is 1. The summed E-state index contributed by atoms with van der Waals surface area (Å²) in [6.07, 6.45) is 2.99. The highest BCUT2D eigenvalue weighted by Crippen LogP contribution is 2.33. The fraction of sp³-hybridized carbons (Fsp3) is 0.125. The molecule has 0 radical (unpaired) electrons. The molecule has 0 fully saturated rings. The molecule has 0 atom stereocenters. The van der Waals surface area contributed by atoms with Crippen LogP contribution < -0.4 is 19.5 Å². The van der Waals surface area contributed by atoms with Gasteiger partial charge in [0, 0.05) is 18.2 Å². The molecule has 0 bridgehead atoms. The predicted molar refractivity (Wildman–Crippen MR) is 127 cm³/mol. The number of para-hydroxylation sites is 2. The largest absolute Gasteiger partial charge is 0.486 e. The molecule has 0 saturated carbocycles. The Morgan fingerprint density at radius 3 is 2.52 bits per heavy atom. The van der Waals surface area contributed by atoms with Gasteiger partial charge in [0.05, 0.1) is 15.6 Å². The minimum Gasteiger partial charge on any atom is -0.486 e. The van der Waals surface area contributed by atoms with Gasteiger partial charge in [0.1, 0.15) is 13.2 Å². The lowest BCUT2D eigenvalue weighted by Crippen LogP contribution is -2.22. The lowest BCUT2D eigenvalue weighted by molar-refractivity contribution is -0.116. The first-order chi connectivity index (χ1) is 15.9. The van der Waals surface area contributed by atoms with Crippen LogP contribution in [0.3, 0.4) is 0 Å². The van der Waals surface area contributed by atoms with Gasteiger partial charge in [0.25, 0.3) is 10.0 Å². The van der Waals surface area contributed by atoms with E-state index < -0.39 is 10.0 Å². The molecule has 0 unspecified atom stereocenters. The molecule has 7 nitrogen and oxygen atoms in total. The fourth-order valence-electron chi connectivity index (χ4n) is 3.19. The van der Waals surface area contributed by atoms with Crippen molar-refractivity contribution in [1.82, 2.24) is 5.32 Å². The number of carbonyl (C=O) groups excluding carboxylic acids is 1. The zero-order valence-electron chi connectivity index (χ0n) is 17.5. The first kappa shape index (κ1) is 22.7. The number of carbonyl (C=O) groups is 1. The van der Waals surface area contributed by atoms with Gasteiger partial charge in [-0.2, -0.15) is 0 Å². The summed E-state index contributed by atoms with van der Waals surface area (Å²) in [5.41, 5.74) is 1.81. The molecule has 1 amide bonds. The summed E-state index contributed by atoms with van der Waals surface area (Å²) in [6.45, 7) is 1.26. The van der Waals surface area contributed by atoms with Gasteiger partial charge in [-0.05, 0) is 42.0 Å². The molecule has 3 aromatic carbocycles. The molecule has 9 heteroatoms. The van der Waals surface area contributed by atoms with Gasteiger partial charge in [-0.15, -0.1) is 0 Å². The average molecular weight is 485 g/mol. The Labute approximate surface area is 197 Å². The maximum absolute atomic E-state index is 12.6. The zero-order chi connectivity index (χ0) is 23.3. The number of nitrogens with one attached hydrogen (secondary N) is 2. The monoisotopic (exact) mass is 484 g/mol. The van der Waals surface area contributed by atoms with Crippen LogP contribution in [-0.4, -0.2) is 27.5 Å². The van der Waals surface area contributed by atoms with E-state index in [1.54, 1.807) is 42.5 Å². The van der Waals surface area contributed by atoms with Crippen LogP contribution >= 0.6 is 11.6 Å². The van der Waals surface area contributed by atoms with Crippen molar-refractivity contribution in [2.75, 3.05) is 17.9 Å². The summed E-state index contributed by atoms with van der Waals surface area (Å²) in [5.74, 6) is 1.03. The number of hydrogen-bond acceptors (Lipinski definition) is 5. The van der Waals surface area contributed by atoms with E-state index in [0.29, 0.717) is 47.5 Å². The van der Waals surface area contributed by atoms with Crippen molar-refractivity contribution in [3.63, 3.8) is 0 Å². The van der Waals surface area contributed by atoms with E-state index in [2.05, 4.69) is 10.0 Å². The summed E-state index contributed by atoms with van der Waals surface area (Å²) in [4.78, 5) is 12.3. The normalized spacial score (nSPS) is 13.0. The van der Waals surface area contributed by atoms with Crippen LogP contribution in [0.4, 0.5) is 5.69 Å². The Morgan fingerprint density at radius 2 is 1.73 bits per heavy atom. The van der Waals surface area contributed by atoms with Crippen LogP contribution in [0.5, 0.6) is 11.5 Å². The van der Waals surface area contributed by atoms with Gasteiger partial charge >= 0.3 is 0 Å². The van der Waals surface area contributed by atoms with Crippen LogP contribution in [0.15, 0.2) is 77.7 Å². The maximum atomic E-state index is 12.6. The molecule has 1 aliphatic rings. The van der Waals surface area contributed by atoms with E-state index in [0.717, 1.165) is 5.56 Å². The Kier molecular flexibility index (Phi) is 6.86. The molecule has 3 aromatic rings. The van der Waals surface area contributed by atoms with Gasteiger partial charge in [0.15, 0.2) is 11.5 Å². The second-order valence-corrected chi connectivity index (χ2v) is 9.24. The molecule has 0 aromatic heterocycles. The maximum Gasteiger partial charge on any atom is 0.261 e. The fourth-order valence-corrected chi connectivity index (χ4v) is 4.51.